The van der Waals surface area contributed by atoms with Crippen LogP contribution in [0.4, 0.5) is 0 Å². The van der Waals surface area contributed by atoms with E-state index in [-0.39, 0.29) is 5.54 Å². The third-order valence-corrected chi connectivity index (χ3v) is 3.38. The zero-order valence-corrected chi connectivity index (χ0v) is 9.36. The average Bonchev–Trinajstić information content (AvgIpc) is 2.19. The summed E-state index contributed by atoms with van der Waals surface area (Å²) in [4.78, 5) is 0. The number of hydrogen-bond acceptors (Lipinski definition) is 2. The van der Waals surface area contributed by atoms with Crippen molar-refractivity contribution in [1.82, 2.24) is 5.32 Å². The van der Waals surface area contributed by atoms with E-state index in [1.807, 2.05) is 0 Å². The lowest BCUT2D eigenvalue weighted by Gasteiger charge is -2.38. The maximum Gasteiger partial charge on any atom is 0.0484 e. The summed E-state index contributed by atoms with van der Waals surface area (Å²) in [6.07, 6.45) is 3.24. The van der Waals surface area contributed by atoms with Crippen LogP contribution in [0.5, 0.6) is 0 Å². The molecule has 2 nitrogen and oxygen atoms in total. The second kappa shape index (κ2) is 5.18. The Hall–Kier alpha value is 0.210. The van der Waals surface area contributed by atoms with E-state index in [1.54, 1.807) is 0 Å². The van der Waals surface area contributed by atoms with Gasteiger partial charge in [0.25, 0.3) is 0 Å². The fraction of sp³-hybridized carbons (Fsp3) is 1.00. The van der Waals surface area contributed by atoms with E-state index in [0.29, 0.717) is 11.9 Å². The van der Waals surface area contributed by atoms with Gasteiger partial charge in [-0.1, -0.05) is 6.92 Å². The highest BCUT2D eigenvalue weighted by Crippen LogP contribution is 2.23. The molecule has 0 amide bonds. The summed E-state index contributed by atoms with van der Waals surface area (Å²) in [5.74, 6) is 0.695. The van der Waals surface area contributed by atoms with E-state index >= 15 is 0 Å². The number of ether oxygens (including phenoxy) is 1. The van der Waals surface area contributed by atoms with Gasteiger partial charge in [0.1, 0.15) is 0 Å². The molecule has 0 aliphatic carbocycles. The molecular weight excluding hydrogens is 186 g/mol. The van der Waals surface area contributed by atoms with Gasteiger partial charge in [0.05, 0.1) is 0 Å². The molecule has 1 atom stereocenters. The van der Waals surface area contributed by atoms with Crippen LogP contribution in [0.15, 0.2) is 0 Å². The normalized spacial score (nSPS) is 24.2. The SMILES string of the molecule is CCC(C)NC1(CCl)CCOCC1. The highest BCUT2D eigenvalue weighted by atomic mass is 35.5. The van der Waals surface area contributed by atoms with Crippen LogP contribution in [0.25, 0.3) is 0 Å². The van der Waals surface area contributed by atoms with E-state index in [0.717, 1.165) is 32.5 Å². The molecule has 0 bridgehead atoms. The van der Waals surface area contributed by atoms with Gasteiger partial charge in [-0.3, -0.25) is 0 Å². The first-order valence-electron chi connectivity index (χ1n) is 5.14. The van der Waals surface area contributed by atoms with Gasteiger partial charge in [0.2, 0.25) is 0 Å². The van der Waals surface area contributed by atoms with Gasteiger partial charge in [-0.25, -0.2) is 0 Å². The highest BCUT2D eigenvalue weighted by Gasteiger charge is 2.32. The summed E-state index contributed by atoms with van der Waals surface area (Å²) in [7, 11) is 0. The zero-order valence-electron chi connectivity index (χ0n) is 8.61. The van der Waals surface area contributed by atoms with Crippen LogP contribution < -0.4 is 5.32 Å². The molecule has 1 aliphatic heterocycles. The fourth-order valence-corrected chi connectivity index (χ4v) is 2.05. The summed E-state index contributed by atoms with van der Waals surface area (Å²) < 4.78 is 5.34. The van der Waals surface area contributed by atoms with Crippen molar-refractivity contribution < 1.29 is 4.74 Å². The minimum atomic E-state index is 0.134. The summed E-state index contributed by atoms with van der Waals surface area (Å²) >= 11 is 6.02. The maximum absolute atomic E-state index is 6.02. The molecule has 78 valence electrons. The lowest BCUT2D eigenvalue weighted by atomic mass is 9.91. The van der Waals surface area contributed by atoms with Crippen molar-refractivity contribution >= 4 is 11.6 Å². The smallest absolute Gasteiger partial charge is 0.0484 e. The van der Waals surface area contributed by atoms with E-state index < -0.39 is 0 Å². The Morgan fingerprint density at radius 3 is 2.54 bits per heavy atom. The molecule has 0 radical (unpaired) electrons. The van der Waals surface area contributed by atoms with Crippen LogP contribution in [-0.2, 0) is 4.74 Å². The topological polar surface area (TPSA) is 21.3 Å². The summed E-state index contributed by atoms with van der Waals surface area (Å²) in [5, 5.41) is 3.62. The summed E-state index contributed by atoms with van der Waals surface area (Å²) in [6, 6.07) is 0.553. The van der Waals surface area contributed by atoms with Crippen molar-refractivity contribution in [1.29, 1.82) is 0 Å². The monoisotopic (exact) mass is 205 g/mol. The van der Waals surface area contributed by atoms with Gasteiger partial charge in [0, 0.05) is 30.7 Å². The van der Waals surface area contributed by atoms with E-state index in [4.69, 9.17) is 16.3 Å². The molecule has 3 heteroatoms. The summed E-state index contributed by atoms with van der Waals surface area (Å²) in [5.41, 5.74) is 0.134. The maximum atomic E-state index is 6.02. The zero-order chi connectivity index (χ0) is 9.73. The first kappa shape index (κ1) is 11.3. The van der Waals surface area contributed by atoms with Crippen molar-refractivity contribution in [3.05, 3.63) is 0 Å². The minimum Gasteiger partial charge on any atom is -0.381 e. The Morgan fingerprint density at radius 2 is 2.08 bits per heavy atom. The molecule has 0 saturated carbocycles. The van der Waals surface area contributed by atoms with Gasteiger partial charge in [0.15, 0.2) is 0 Å². The van der Waals surface area contributed by atoms with Crippen LogP contribution in [0.2, 0.25) is 0 Å². The van der Waals surface area contributed by atoms with Gasteiger partial charge < -0.3 is 10.1 Å². The molecule has 1 aliphatic rings. The molecule has 1 heterocycles. The van der Waals surface area contributed by atoms with Crippen molar-refractivity contribution in [3.63, 3.8) is 0 Å². The Bertz CT molecular complexity index is 146. The number of rotatable bonds is 4. The highest BCUT2D eigenvalue weighted by molar-refractivity contribution is 6.18. The van der Waals surface area contributed by atoms with Crippen LogP contribution in [0.1, 0.15) is 33.1 Å². The lowest BCUT2D eigenvalue weighted by Crippen LogP contribution is -2.54. The second-order valence-electron chi connectivity index (χ2n) is 3.98. The summed E-state index contributed by atoms with van der Waals surface area (Å²) in [6.45, 7) is 6.09. The number of nitrogens with one attached hydrogen (secondary N) is 1. The number of hydrogen-bond donors (Lipinski definition) is 1. The first-order valence-corrected chi connectivity index (χ1v) is 5.67. The molecule has 0 aromatic heterocycles. The quantitative estimate of drug-likeness (QED) is 0.711. The Morgan fingerprint density at radius 1 is 1.46 bits per heavy atom. The van der Waals surface area contributed by atoms with Crippen LogP contribution in [0.3, 0.4) is 0 Å². The Balaban J connectivity index is 2.47. The molecular formula is C10H20ClNO. The molecule has 1 N–H and O–H groups in total. The van der Waals surface area contributed by atoms with Crippen molar-refractivity contribution in [2.45, 2.75) is 44.7 Å². The average molecular weight is 206 g/mol. The predicted molar refractivity (Wildman–Crippen MR) is 56.4 cm³/mol. The molecule has 1 unspecified atom stereocenters. The fourth-order valence-electron chi connectivity index (χ4n) is 1.70. The molecule has 1 fully saturated rings. The van der Waals surface area contributed by atoms with Gasteiger partial charge in [-0.05, 0) is 26.2 Å². The van der Waals surface area contributed by atoms with Gasteiger partial charge in [-0.2, -0.15) is 0 Å². The van der Waals surface area contributed by atoms with Crippen LogP contribution in [-0.4, -0.2) is 30.7 Å². The van der Waals surface area contributed by atoms with Crippen molar-refractivity contribution in [2.75, 3.05) is 19.1 Å². The lowest BCUT2D eigenvalue weighted by molar-refractivity contribution is 0.0425. The molecule has 13 heavy (non-hydrogen) atoms. The molecule has 1 saturated heterocycles. The number of halogens is 1. The van der Waals surface area contributed by atoms with Crippen molar-refractivity contribution in [2.24, 2.45) is 0 Å². The Labute approximate surface area is 86.0 Å². The molecule has 0 aromatic carbocycles. The number of alkyl halides is 1. The minimum absolute atomic E-state index is 0.134. The third-order valence-electron chi connectivity index (χ3n) is 2.87. The standard InChI is InChI=1S/C10H20ClNO/c1-3-9(2)12-10(8-11)4-6-13-7-5-10/h9,12H,3-8H2,1-2H3. The second-order valence-corrected chi connectivity index (χ2v) is 4.25. The Kier molecular flexibility index (Phi) is 4.50. The van der Waals surface area contributed by atoms with E-state index in [9.17, 15) is 0 Å². The van der Waals surface area contributed by atoms with Gasteiger partial charge >= 0.3 is 0 Å². The van der Waals surface area contributed by atoms with E-state index in [1.165, 1.54) is 0 Å². The molecule has 0 aromatic rings. The largest absolute Gasteiger partial charge is 0.381 e. The predicted octanol–water partition coefficient (Wildman–Crippen LogP) is 2.16. The van der Waals surface area contributed by atoms with E-state index in [2.05, 4.69) is 19.2 Å². The van der Waals surface area contributed by atoms with Crippen LogP contribution >= 0.6 is 11.6 Å². The van der Waals surface area contributed by atoms with Crippen molar-refractivity contribution in [3.8, 4) is 0 Å². The van der Waals surface area contributed by atoms with Crippen LogP contribution in [0, 0.1) is 0 Å². The van der Waals surface area contributed by atoms with Gasteiger partial charge in [-0.15, -0.1) is 11.6 Å². The molecule has 1 rings (SSSR count). The third kappa shape index (κ3) is 3.12. The first-order chi connectivity index (χ1) is 6.22. The molecule has 0 spiro atoms.